The number of benzene rings is 1. The van der Waals surface area contributed by atoms with Gasteiger partial charge < -0.3 is 44.5 Å². The van der Waals surface area contributed by atoms with Gasteiger partial charge in [-0.05, 0) is 17.7 Å². The molecular formula is C22H28O10. The van der Waals surface area contributed by atoms with Crippen LogP contribution >= 0.6 is 0 Å². The third-order valence-electron chi connectivity index (χ3n) is 6.39. The normalized spacial score (nSPS) is 39.7. The van der Waals surface area contributed by atoms with Crippen LogP contribution in [0, 0.1) is 5.92 Å². The number of aromatic hydroxyl groups is 1. The van der Waals surface area contributed by atoms with Crippen molar-refractivity contribution in [3.63, 3.8) is 0 Å². The van der Waals surface area contributed by atoms with Crippen LogP contribution in [0.1, 0.15) is 18.4 Å². The predicted molar refractivity (Wildman–Crippen MR) is 108 cm³/mol. The monoisotopic (exact) mass is 452 g/mol. The van der Waals surface area contributed by atoms with Crippen molar-refractivity contribution in [1.82, 2.24) is 0 Å². The minimum atomic E-state index is -1.59. The Morgan fingerprint density at radius 2 is 1.78 bits per heavy atom. The molecule has 0 aromatic heterocycles. The minimum absolute atomic E-state index is 0.0702. The van der Waals surface area contributed by atoms with E-state index in [4.69, 9.17) is 18.9 Å². The van der Waals surface area contributed by atoms with E-state index in [-0.39, 0.29) is 17.6 Å². The number of hydrogen-bond donors (Lipinski definition) is 5. The first kappa shape index (κ1) is 23.1. The molecule has 0 radical (unpaired) electrons. The molecule has 0 amide bonds. The van der Waals surface area contributed by atoms with Gasteiger partial charge in [-0.3, -0.25) is 4.79 Å². The number of ketones is 1. The number of carbonyl (C=O) groups is 1. The van der Waals surface area contributed by atoms with Crippen LogP contribution in [0.3, 0.4) is 0 Å². The fraction of sp³-hybridized carbons (Fsp3) is 0.591. The minimum Gasteiger partial charge on any atom is -0.508 e. The lowest BCUT2D eigenvalue weighted by Gasteiger charge is -2.46. The summed E-state index contributed by atoms with van der Waals surface area (Å²) in [6.07, 6.45) is -6.60. The Labute approximate surface area is 184 Å². The first-order chi connectivity index (χ1) is 15.3. The van der Waals surface area contributed by atoms with Crippen molar-refractivity contribution < 1.29 is 49.3 Å². The highest BCUT2D eigenvalue weighted by Gasteiger charge is 2.51. The summed E-state index contributed by atoms with van der Waals surface area (Å²) in [6, 6.07) is 6.16. The molecule has 5 N–H and O–H groups in total. The van der Waals surface area contributed by atoms with E-state index in [0.717, 1.165) is 0 Å². The van der Waals surface area contributed by atoms with Gasteiger partial charge >= 0.3 is 0 Å². The van der Waals surface area contributed by atoms with Crippen LogP contribution in [0.4, 0.5) is 0 Å². The third kappa shape index (κ3) is 4.27. The third-order valence-corrected chi connectivity index (χ3v) is 6.39. The van der Waals surface area contributed by atoms with Gasteiger partial charge in [-0.1, -0.05) is 12.1 Å². The molecule has 0 spiro atoms. The number of methoxy groups -OCH3 is 1. The molecular weight excluding hydrogens is 424 g/mol. The van der Waals surface area contributed by atoms with Gasteiger partial charge in [-0.2, -0.15) is 0 Å². The number of fused-ring (bicyclic) bond motifs is 1. The summed E-state index contributed by atoms with van der Waals surface area (Å²) in [5, 5.41) is 49.4. The molecule has 1 saturated heterocycles. The molecule has 2 fully saturated rings. The Hall–Kier alpha value is -2.05. The molecule has 32 heavy (non-hydrogen) atoms. The fourth-order valence-electron chi connectivity index (χ4n) is 4.55. The van der Waals surface area contributed by atoms with Gasteiger partial charge in [-0.25, -0.2) is 0 Å². The van der Waals surface area contributed by atoms with Crippen molar-refractivity contribution in [3.05, 3.63) is 36.1 Å². The first-order valence-corrected chi connectivity index (χ1v) is 10.5. The zero-order chi connectivity index (χ0) is 23.0. The predicted octanol–water partition coefficient (Wildman–Crippen LogP) is -0.689. The average Bonchev–Trinajstić information content (AvgIpc) is 2.80. The Morgan fingerprint density at radius 3 is 2.44 bits per heavy atom. The van der Waals surface area contributed by atoms with Gasteiger partial charge in [0.15, 0.2) is 12.1 Å². The van der Waals surface area contributed by atoms with Crippen molar-refractivity contribution in [2.45, 2.75) is 61.9 Å². The number of carbonyl (C=O) groups excluding carboxylic acids is 1. The Balaban J connectivity index is 1.59. The van der Waals surface area contributed by atoms with E-state index in [0.29, 0.717) is 24.0 Å². The van der Waals surface area contributed by atoms with Crippen LogP contribution < -0.4 is 0 Å². The van der Waals surface area contributed by atoms with Crippen LogP contribution in [0.15, 0.2) is 30.5 Å². The van der Waals surface area contributed by atoms with Crippen LogP contribution in [-0.2, 0) is 23.7 Å². The number of phenolic OH excluding ortho intramolecular Hbond substituents is 1. The van der Waals surface area contributed by atoms with Crippen LogP contribution in [-0.4, -0.2) is 94.1 Å². The quantitative estimate of drug-likeness (QED) is 0.388. The van der Waals surface area contributed by atoms with E-state index in [2.05, 4.69) is 0 Å². The summed E-state index contributed by atoms with van der Waals surface area (Å²) in [7, 11) is 1.54. The molecule has 1 aromatic carbocycles. The SMILES string of the molecule is COC1CC2OC=C(c3ccc(O)cc3)C(=O)C2C(O[C@@H]2O[C@H](CO)[C@@H](O)[C@H](O)[C@H]2O)C1. The summed E-state index contributed by atoms with van der Waals surface area (Å²) in [6.45, 7) is -0.585. The number of Topliss-reactive ketones (excluding diaryl/α,β-unsaturated/α-hetero) is 1. The fourth-order valence-corrected chi connectivity index (χ4v) is 4.55. The lowest BCUT2D eigenvalue weighted by molar-refractivity contribution is -0.319. The second kappa shape index (κ2) is 9.44. The molecule has 2 heterocycles. The van der Waals surface area contributed by atoms with Crippen molar-refractivity contribution in [2.24, 2.45) is 5.92 Å². The van der Waals surface area contributed by atoms with Gasteiger partial charge in [0.2, 0.25) is 0 Å². The van der Waals surface area contributed by atoms with Crippen LogP contribution in [0.25, 0.3) is 5.57 Å². The van der Waals surface area contributed by atoms with E-state index in [1.807, 2.05) is 0 Å². The van der Waals surface area contributed by atoms with E-state index >= 15 is 0 Å². The maximum Gasteiger partial charge on any atom is 0.186 e. The van der Waals surface area contributed by atoms with E-state index in [1.54, 1.807) is 12.1 Å². The van der Waals surface area contributed by atoms with Crippen LogP contribution in [0.5, 0.6) is 5.75 Å². The summed E-state index contributed by atoms with van der Waals surface area (Å²) >= 11 is 0. The number of aliphatic hydroxyl groups is 4. The Kier molecular flexibility index (Phi) is 6.82. The first-order valence-electron chi connectivity index (χ1n) is 10.5. The highest BCUT2D eigenvalue weighted by Crippen LogP contribution is 2.40. The summed E-state index contributed by atoms with van der Waals surface area (Å²) in [5.74, 6) is -0.889. The van der Waals surface area contributed by atoms with Crippen molar-refractivity contribution in [3.8, 4) is 5.75 Å². The topological polar surface area (TPSA) is 155 Å². The van der Waals surface area contributed by atoms with Gasteiger partial charge in [0.1, 0.15) is 36.3 Å². The summed E-state index contributed by atoms with van der Waals surface area (Å²) < 4.78 is 22.8. The number of rotatable bonds is 5. The second-order valence-electron chi connectivity index (χ2n) is 8.34. The molecule has 4 unspecified atom stereocenters. The number of ether oxygens (including phenoxy) is 4. The molecule has 4 rings (SSSR count). The smallest absolute Gasteiger partial charge is 0.186 e. The highest BCUT2D eigenvalue weighted by molar-refractivity contribution is 6.22. The molecule has 176 valence electrons. The van der Waals surface area contributed by atoms with E-state index in [1.165, 1.54) is 25.5 Å². The number of aliphatic hydroxyl groups excluding tert-OH is 4. The maximum absolute atomic E-state index is 13.4. The van der Waals surface area contributed by atoms with Gasteiger partial charge in [-0.15, -0.1) is 0 Å². The zero-order valence-corrected chi connectivity index (χ0v) is 17.5. The highest BCUT2D eigenvalue weighted by atomic mass is 16.7. The number of allylic oxidation sites excluding steroid dienone is 1. The average molecular weight is 452 g/mol. The second-order valence-corrected chi connectivity index (χ2v) is 8.34. The Morgan fingerprint density at radius 1 is 1.06 bits per heavy atom. The molecule has 10 heteroatoms. The maximum atomic E-state index is 13.4. The Bertz CT molecular complexity index is 838. The molecule has 10 nitrogen and oxygen atoms in total. The summed E-state index contributed by atoms with van der Waals surface area (Å²) in [5.41, 5.74) is 0.899. The van der Waals surface area contributed by atoms with Crippen LogP contribution in [0.2, 0.25) is 0 Å². The lowest BCUT2D eigenvalue weighted by Crippen LogP contribution is -2.61. The molecule has 2 aliphatic heterocycles. The molecule has 1 saturated carbocycles. The molecule has 0 bridgehead atoms. The molecule has 1 aromatic rings. The van der Waals surface area contributed by atoms with Crippen molar-refractivity contribution in [2.75, 3.05) is 13.7 Å². The molecule has 3 aliphatic rings. The van der Waals surface area contributed by atoms with Crippen molar-refractivity contribution in [1.29, 1.82) is 0 Å². The van der Waals surface area contributed by atoms with E-state index in [9.17, 15) is 30.3 Å². The molecule has 1 aliphatic carbocycles. The largest absolute Gasteiger partial charge is 0.508 e. The van der Waals surface area contributed by atoms with Crippen molar-refractivity contribution >= 4 is 11.4 Å². The molecule has 9 atom stereocenters. The number of hydrogen-bond acceptors (Lipinski definition) is 10. The van der Waals surface area contributed by atoms with Gasteiger partial charge in [0, 0.05) is 20.0 Å². The number of phenols is 1. The lowest BCUT2D eigenvalue weighted by atomic mass is 9.75. The van der Waals surface area contributed by atoms with Gasteiger partial charge in [0.25, 0.3) is 0 Å². The van der Waals surface area contributed by atoms with E-state index < -0.39 is 55.4 Å². The summed E-state index contributed by atoms with van der Waals surface area (Å²) in [4.78, 5) is 13.4. The standard InChI is InChI=1S/C22H28O10/c1-29-12-6-14-17(18(25)13(9-30-14)10-2-4-11(24)5-3-10)15(7-12)31-22-21(28)20(27)19(26)16(8-23)32-22/h2-5,9,12,14-17,19-24,26-28H,6-8H2,1H3/t12?,14?,15?,16-,17?,19-,20+,21-,22-/m1/s1. The zero-order valence-electron chi connectivity index (χ0n) is 17.5. The van der Waals surface area contributed by atoms with Gasteiger partial charge in [0.05, 0.1) is 36.6 Å².